The van der Waals surface area contributed by atoms with E-state index in [4.69, 9.17) is 14.1 Å². The Hall–Kier alpha value is -3.27. The second-order valence-corrected chi connectivity index (χ2v) is 9.97. The number of aliphatic imine (C=N–C) groups is 1. The highest BCUT2D eigenvalue weighted by molar-refractivity contribution is 8.18. The number of H-pyrrole nitrogens is 1. The molecule has 1 amide bonds. The van der Waals surface area contributed by atoms with Crippen LogP contribution in [0, 0.1) is 6.92 Å². The Morgan fingerprint density at radius 1 is 1.20 bits per heavy atom. The van der Waals surface area contributed by atoms with Gasteiger partial charge in [0.15, 0.2) is 15.4 Å². The molecule has 0 aliphatic carbocycles. The van der Waals surface area contributed by atoms with E-state index in [2.05, 4.69) is 23.0 Å². The van der Waals surface area contributed by atoms with Crippen molar-refractivity contribution in [1.82, 2.24) is 14.9 Å². The number of aromatic nitrogens is 2. The van der Waals surface area contributed by atoms with Gasteiger partial charge in [0.1, 0.15) is 5.76 Å². The number of hydrogen-bond donors (Lipinski definition) is 1. The first-order chi connectivity index (χ1) is 17.1. The van der Waals surface area contributed by atoms with Crippen molar-refractivity contribution < 1.29 is 13.9 Å². The van der Waals surface area contributed by atoms with Crippen LogP contribution >= 0.6 is 23.5 Å². The highest BCUT2D eigenvalue weighted by atomic mass is 32.2. The van der Waals surface area contributed by atoms with Crippen LogP contribution in [0.15, 0.2) is 85.2 Å². The topological polar surface area (TPSA) is 83.7 Å². The minimum atomic E-state index is -0.0842. The Balaban J connectivity index is 1.35. The summed E-state index contributed by atoms with van der Waals surface area (Å²) in [6.07, 6.45) is 2.50. The third-order valence-electron chi connectivity index (χ3n) is 5.29. The van der Waals surface area contributed by atoms with Gasteiger partial charge in [0.05, 0.1) is 21.6 Å². The summed E-state index contributed by atoms with van der Waals surface area (Å²) in [6.45, 7) is 3.16. The number of hydrogen-bond acceptors (Lipinski definition) is 7. The van der Waals surface area contributed by atoms with E-state index in [0.29, 0.717) is 34.1 Å². The smallest absolute Gasteiger partial charge is 0.266 e. The number of fused-ring (bicyclic) bond motifs is 1. The maximum atomic E-state index is 13.2. The number of aromatic amines is 1. The number of carbonyl (C=O) groups excluding carboxylic acids is 1. The number of imidazole rings is 1. The number of rotatable bonds is 8. The molecule has 35 heavy (non-hydrogen) atoms. The van der Waals surface area contributed by atoms with Gasteiger partial charge in [-0.25, -0.2) is 9.98 Å². The highest BCUT2D eigenvalue weighted by Gasteiger charge is 2.33. The van der Waals surface area contributed by atoms with Gasteiger partial charge >= 0.3 is 0 Å². The minimum Gasteiger partial charge on any atom is -0.450 e. The Morgan fingerprint density at radius 3 is 2.89 bits per heavy atom. The van der Waals surface area contributed by atoms with Crippen molar-refractivity contribution in [2.24, 2.45) is 4.99 Å². The van der Waals surface area contributed by atoms with E-state index in [1.165, 1.54) is 29.1 Å². The molecule has 1 fully saturated rings. The quantitative estimate of drug-likeness (QED) is 0.225. The van der Waals surface area contributed by atoms with Gasteiger partial charge in [-0.3, -0.25) is 9.69 Å². The van der Waals surface area contributed by atoms with Crippen LogP contribution in [0.25, 0.3) is 17.1 Å². The average Bonchev–Trinajstić information content (AvgIpc) is 3.54. The molecule has 0 spiro atoms. The van der Waals surface area contributed by atoms with E-state index < -0.39 is 0 Å². The van der Waals surface area contributed by atoms with E-state index in [1.54, 1.807) is 18.1 Å². The van der Waals surface area contributed by atoms with Gasteiger partial charge in [-0.2, -0.15) is 0 Å². The summed E-state index contributed by atoms with van der Waals surface area (Å²) in [6, 6.07) is 19.5. The predicted molar refractivity (Wildman–Crippen MR) is 141 cm³/mol. The molecule has 0 radical (unpaired) electrons. The lowest BCUT2D eigenvalue weighted by molar-refractivity contribution is -0.122. The first kappa shape index (κ1) is 23.5. The number of carbonyl (C=O) groups is 1. The van der Waals surface area contributed by atoms with Crippen molar-refractivity contribution >= 4 is 57.4 Å². The first-order valence-electron chi connectivity index (χ1n) is 11.2. The Morgan fingerprint density at radius 2 is 2.06 bits per heavy atom. The molecule has 178 valence electrons. The number of furan rings is 1. The van der Waals surface area contributed by atoms with Crippen molar-refractivity contribution in [2.75, 3.05) is 20.3 Å². The van der Waals surface area contributed by atoms with Crippen molar-refractivity contribution in [3.05, 3.63) is 76.9 Å². The number of benzene rings is 2. The largest absolute Gasteiger partial charge is 0.450 e. The fourth-order valence-corrected chi connectivity index (χ4v) is 5.38. The van der Waals surface area contributed by atoms with Gasteiger partial charge in [0.2, 0.25) is 0 Å². The van der Waals surface area contributed by atoms with E-state index in [-0.39, 0.29) is 5.91 Å². The fraction of sp³-hybridized carbons (Fsp3) is 0.192. The van der Waals surface area contributed by atoms with Gasteiger partial charge in [0.25, 0.3) is 5.91 Å². The first-order valence-corrected chi connectivity index (χ1v) is 12.8. The molecule has 1 aliphatic heterocycles. The summed E-state index contributed by atoms with van der Waals surface area (Å²) in [5, 5.41) is 2.10. The summed E-state index contributed by atoms with van der Waals surface area (Å²) in [7, 11) is 1.66. The number of nitrogens with zero attached hydrogens (tertiary/aromatic N) is 3. The molecule has 0 bridgehead atoms. The SMILES string of the molecule is COCCCN1C(=O)/C(=C/c2ccc(Sc3nc4ccc(C)cc4[nH]3)o2)SC1=Nc1ccccc1. The molecule has 4 aromatic rings. The molecule has 3 heterocycles. The molecule has 0 saturated carbocycles. The number of para-hydroxylation sites is 1. The number of thioether (sulfide) groups is 1. The highest BCUT2D eigenvalue weighted by Crippen LogP contribution is 2.36. The molecule has 0 atom stereocenters. The summed E-state index contributed by atoms with van der Waals surface area (Å²) < 4.78 is 11.2. The van der Waals surface area contributed by atoms with Crippen LogP contribution < -0.4 is 0 Å². The number of amidine groups is 1. The van der Waals surface area contributed by atoms with E-state index in [1.807, 2.05) is 54.6 Å². The third kappa shape index (κ3) is 5.53. The standard InChI is InChI=1S/C26H24N4O3S2/c1-17-9-11-20-21(15-17)29-25(28-20)35-23-12-10-19(33-23)16-22-24(31)30(13-6-14-32-2)26(34-22)27-18-7-4-3-5-8-18/h3-5,7-12,15-16H,6,13-14H2,1-2H3,(H,28,29)/b22-16-,27-26?. The monoisotopic (exact) mass is 504 g/mol. The molecule has 0 unspecified atom stereocenters. The number of amides is 1. The summed E-state index contributed by atoms with van der Waals surface area (Å²) in [5.41, 5.74) is 3.89. The lowest BCUT2D eigenvalue weighted by Crippen LogP contribution is -2.30. The average molecular weight is 505 g/mol. The van der Waals surface area contributed by atoms with Crippen LogP contribution in [0.3, 0.4) is 0 Å². The van der Waals surface area contributed by atoms with Crippen molar-refractivity contribution in [2.45, 2.75) is 23.6 Å². The molecule has 1 N–H and O–H groups in total. The molecule has 5 rings (SSSR count). The van der Waals surface area contributed by atoms with E-state index in [9.17, 15) is 4.79 Å². The zero-order chi connectivity index (χ0) is 24.2. The van der Waals surface area contributed by atoms with Crippen LogP contribution in [0.2, 0.25) is 0 Å². The second kappa shape index (κ2) is 10.6. The van der Waals surface area contributed by atoms with Gasteiger partial charge < -0.3 is 14.1 Å². The molecule has 2 aromatic carbocycles. The van der Waals surface area contributed by atoms with Crippen LogP contribution in [0.1, 0.15) is 17.7 Å². The summed E-state index contributed by atoms with van der Waals surface area (Å²) in [5.74, 6) is 0.521. The predicted octanol–water partition coefficient (Wildman–Crippen LogP) is 6.26. The summed E-state index contributed by atoms with van der Waals surface area (Å²) >= 11 is 2.77. The number of nitrogens with one attached hydrogen (secondary N) is 1. The molecular weight excluding hydrogens is 480 g/mol. The van der Waals surface area contributed by atoms with Crippen LogP contribution in [0.5, 0.6) is 0 Å². The van der Waals surface area contributed by atoms with Crippen LogP contribution in [0.4, 0.5) is 5.69 Å². The Bertz CT molecular complexity index is 1410. The molecular formula is C26H24N4O3S2. The van der Waals surface area contributed by atoms with E-state index >= 15 is 0 Å². The van der Waals surface area contributed by atoms with Gasteiger partial charge in [-0.05, 0) is 78.8 Å². The molecule has 9 heteroatoms. The Labute approximate surface area is 211 Å². The van der Waals surface area contributed by atoms with E-state index in [0.717, 1.165) is 28.3 Å². The molecule has 1 aliphatic rings. The lowest BCUT2D eigenvalue weighted by atomic mass is 10.2. The zero-order valence-electron chi connectivity index (χ0n) is 19.4. The number of aryl methyl sites for hydroxylation is 1. The van der Waals surface area contributed by atoms with Crippen molar-refractivity contribution in [3.8, 4) is 0 Å². The van der Waals surface area contributed by atoms with Gasteiger partial charge in [0, 0.05) is 26.3 Å². The Kier molecular flexibility index (Phi) is 7.08. The van der Waals surface area contributed by atoms with Gasteiger partial charge in [-0.15, -0.1) is 0 Å². The van der Waals surface area contributed by atoms with Crippen LogP contribution in [-0.2, 0) is 9.53 Å². The summed E-state index contributed by atoms with van der Waals surface area (Å²) in [4.78, 5) is 28.1. The normalized spacial score (nSPS) is 16.3. The minimum absolute atomic E-state index is 0.0842. The third-order valence-corrected chi connectivity index (χ3v) is 7.10. The maximum Gasteiger partial charge on any atom is 0.266 e. The van der Waals surface area contributed by atoms with Crippen molar-refractivity contribution in [1.29, 1.82) is 0 Å². The van der Waals surface area contributed by atoms with Gasteiger partial charge in [-0.1, -0.05) is 24.3 Å². The molecule has 7 nitrogen and oxygen atoms in total. The second-order valence-electron chi connectivity index (χ2n) is 7.97. The number of ether oxygens (including phenoxy) is 1. The fourth-order valence-electron chi connectivity index (χ4n) is 3.61. The molecule has 1 saturated heterocycles. The van der Waals surface area contributed by atoms with Crippen molar-refractivity contribution in [3.63, 3.8) is 0 Å². The molecule has 2 aromatic heterocycles. The maximum absolute atomic E-state index is 13.2. The lowest BCUT2D eigenvalue weighted by Gasteiger charge is -2.15. The number of methoxy groups -OCH3 is 1. The van der Waals surface area contributed by atoms with Crippen LogP contribution in [-0.4, -0.2) is 46.2 Å². The zero-order valence-corrected chi connectivity index (χ0v) is 21.0.